The minimum absolute atomic E-state index is 0.273. The van der Waals surface area contributed by atoms with Crippen LogP contribution >= 0.6 is 0 Å². The summed E-state index contributed by atoms with van der Waals surface area (Å²) in [5, 5.41) is 12.9. The molecule has 1 aromatic carbocycles. The minimum Gasteiger partial charge on any atom is -0.396 e. The molecule has 1 aliphatic heterocycles. The Morgan fingerprint density at radius 1 is 1.31 bits per heavy atom. The van der Waals surface area contributed by atoms with E-state index in [-0.39, 0.29) is 6.61 Å². The van der Waals surface area contributed by atoms with Gasteiger partial charge in [-0.15, -0.1) is 6.58 Å². The van der Waals surface area contributed by atoms with Crippen molar-refractivity contribution in [2.75, 3.05) is 6.61 Å². The van der Waals surface area contributed by atoms with Crippen LogP contribution in [-0.4, -0.2) is 17.8 Å². The average molecular weight is 217 g/mol. The summed E-state index contributed by atoms with van der Waals surface area (Å²) >= 11 is 0. The number of hydrogen-bond donors (Lipinski definition) is 2. The Balaban J connectivity index is 2.12. The molecule has 3 atom stereocenters. The van der Waals surface area contributed by atoms with E-state index in [9.17, 15) is 5.11 Å². The van der Waals surface area contributed by atoms with Gasteiger partial charge >= 0.3 is 0 Å². The maximum atomic E-state index is 9.31. The fourth-order valence-corrected chi connectivity index (χ4v) is 2.41. The van der Waals surface area contributed by atoms with Gasteiger partial charge in [-0.2, -0.15) is 0 Å². The van der Waals surface area contributed by atoms with Gasteiger partial charge in [0.25, 0.3) is 0 Å². The van der Waals surface area contributed by atoms with Gasteiger partial charge in [0.2, 0.25) is 0 Å². The zero-order valence-corrected chi connectivity index (χ0v) is 9.47. The summed E-state index contributed by atoms with van der Waals surface area (Å²) in [5.74, 6) is 0.384. The molecular formula is C14H19NO. The Morgan fingerprint density at radius 3 is 2.69 bits per heavy atom. The van der Waals surface area contributed by atoms with Crippen LogP contribution in [0.15, 0.2) is 43.0 Å². The molecule has 2 rings (SSSR count). The second-order valence-electron chi connectivity index (χ2n) is 4.49. The number of hydrogen-bond acceptors (Lipinski definition) is 2. The van der Waals surface area contributed by atoms with Gasteiger partial charge in [0.15, 0.2) is 0 Å². The van der Waals surface area contributed by atoms with E-state index >= 15 is 0 Å². The van der Waals surface area contributed by atoms with Gasteiger partial charge in [-0.25, -0.2) is 0 Å². The minimum atomic E-state index is 0.273. The molecule has 0 saturated carbocycles. The molecule has 0 unspecified atom stereocenters. The first-order valence-electron chi connectivity index (χ1n) is 5.88. The van der Waals surface area contributed by atoms with E-state index in [4.69, 9.17) is 0 Å². The van der Waals surface area contributed by atoms with Gasteiger partial charge < -0.3 is 10.4 Å². The number of aliphatic hydroxyl groups excluding tert-OH is 1. The first-order chi connectivity index (χ1) is 7.83. The van der Waals surface area contributed by atoms with Gasteiger partial charge in [0.05, 0.1) is 0 Å². The second kappa shape index (κ2) is 5.28. The van der Waals surface area contributed by atoms with Crippen molar-refractivity contribution in [1.82, 2.24) is 5.32 Å². The summed E-state index contributed by atoms with van der Waals surface area (Å²) in [7, 11) is 0. The molecule has 1 fully saturated rings. The van der Waals surface area contributed by atoms with E-state index in [0.29, 0.717) is 18.0 Å². The quantitative estimate of drug-likeness (QED) is 0.761. The van der Waals surface area contributed by atoms with Crippen LogP contribution in [0.2, 0.25) is 0 Å². The average Bonchev–Trinajstić information content (AvgIpc) is 2.39. The van der Waals surface area contributed by atoms with Crippen molar-refractivity contribution in [1.29, 1.82) is 0 Å². The van der Waals surface area contributed by atoms with Gasteiger partial charge in [-0.1, -0.05) is 36.4 Å². The van der Waals surface area contributed by atoms with Crippen LogP contribution < -0.4 is 5.32 Å². The Hall–Kier alpha value is -1.12. The van der Waals surface area contributed by atoms with Crippen LogP contribution in [0, 0.1) is 5.92 Å². The van der Waals surface area contributed by atoms with E-state index < -0.39 is 0 Å². The summed E-state index contributed by atoms with van der Waals surface area (Å²) in [6.07, 6.45) is 3.94. The van der Waals surface area contributed by atoms with Crippen LogP contribution in [0.3, 0.4) is 0 Å². The molecule has 1 aromatic rings. The van der Waals surface area contributed by atoms with Crippen molar-refractivity contribution in [3.63, 3.8) is 0 Å². The molecule has 1 heterocycles. The molecule has 2 heteroatoms. The van der Waals surface area contributed by atoms with Gasteiger partial charge in [-0.3, -0.25) is 0 Å². The third-order valence-corrected chi connectivity index (χ3v) is 3.32. The van der Waals surface area contributed by atoms with Crippen LogP contribution in [0.25, 0.3) is 0 Å². The largest absolute Gasteiger partial charge is 0.396 e. The highest BCUT2D eigenvalue weighted by atomic mass is 16.3. The highest BCUT2D eigenvalue weighted by Gasteiger charge is 2.26. The Labute approximate surface area is 97.0 Å². The molecule has 0 amide bonds. The number of benzene rings is 1. The molecule has 0 aromatic heterocycles. The molecule has 0 spiro atoms. The van der Waals surface area contributed by atoms with Crippen molar-refractivity contribution in [2.45, 2.75) is 24.9 Å². The molecule has 86 valence electrons. The lowest BCUT2D eigenvalue weighted by Crippen LogP contribution is -2.40. The van der Waals surface area contributed by atoms with E-state index in [1.807, 2.05) is 12.1 Å². The Morgan fingerprint density at radius 2 is 2.06 bits per heavy atom. The highest BCUT2D eigenvalue weighted by Crippen LogP contribution is 2.29. The highest BCUT2D eigenvalue weighted by molar-refractivity contribution is 5.20. The zero-order valence-electron chi connectivity index (χ0n) is 9.47. The van der Waals surface area contributed by atoms with Gasteiger partial charge in [0.1, 0.15) is 0 Å². The molecular weight excluding hydrogens is 198 g/mol. The molecule has 2 N–H and O–H groups in total. The molecule has 1 aliphatic rings. The molecule has 1 saturated heterocycles. The number of nitrogens with one attached hydrogen (secondary N) is 1. The normalized spacial score (nSPS) is 29.9. The van der Waals surface area contributed by atoms with E-state index in [0.717, 1.165) is 12.8 Å². The summed E-state index contributed by atoms with van der Waals surface area (Å²) < 4.78 is 0. The molecule has 0 bridgehead atoms. The molecule has 0 radical (unpaired) electrons. The van der Waals surface area contributed by atoms with Crippen molar-refractivity contribution in [2.24, 2.45) is 5.92 Å². The van der Waals surface area contributed by atoms with Crippen molar-refractivity contribution in [3.05, 3.63) is 48.6 Å². The maximum Gasteiger partial charge on any atom is 0.0460 e. The Bertz CT molecular complexity index is 336. The first-order valence-corrected chi connectivity index (χ1v) is 5.88. The lowest BCUT2D eigenvalue weighted by atomic mass is 9.85. The van der Waals surface area contributed by atoms with Gasteiger partial charge in [-0.05, 0) is 24.3 Å². The smallest absolute Gasteiger partial charge is 0.0460 e. The molecule has 16 heavy (non-hydrogen) atoms. The van der Waals surface area contributed by atoms with Crippen molar-refractivity contribution < 1.29 is 5.11 Å². The summed E-state index contributed by atoms with van der Waals surface area (Å²) in [6, 6.07) is 11.1. The topological polar surface area (TPSA) is 32.3 Å². The van der Waals surface area contributed by atoms with Crippen molar-refractivity contribution in [3.8, 4) is 0 Å². The number of piperidine rings is 1. The number of rotatable bonds is 3. The molecule has 0 aliphatic carbocycles. The van der Waals surface area contributed by atoms with E-state index in [1.165, 1.54) is 5.56 Å². The van der Waals surface area contributed by atoms with E-state index in [2.05, 4.69) is 36.2 Å². The van der Waals surface area contributed by atoms with Gasteiger partial charge in [0, 0.05) is 18.7 Å². The predicted molar refractivity (Wildman–Crippen MR) is 66.1 cm³/mol. The summed E-state index contributed by atoms with van der Waals surface area (Å²) in [6.45, 7) is 4.11. The Kier molecular flexibility index (Phi) is 3.75. The third kappa shape index (κ3) is 2.52. The lowest BCUT2D eigenvalue weighted by molar-refractivity contribution is 0.162. The zero-order chi connectivity index (χ0) is 11.4. The fourth-order valence-electron chi connectivity index (χ4n) is 2.41. The van der Waals surface area contributed by atoms with Crippen LogP contribution in [0.4, 0.5) is 0 Å². The maximum absolute atomic E-state index is 9.31. The predicted octanol–water partition coefficient (Wildman–Crippen LogP) is 2.27. The first kappa shape index (κ1) is 11.4. The van der Waals surface area contributed by atoms with Crippen LogP contribution in [-0.2, 0) is 0 Å². The summed E-state index contributed by atoms with van der Waals surface area (Å²) in [4.78, 5) is 0. The monoisotopic (exact) mass is 217 g/mol. The number of aliphatic hydroxyl groups is 1. The molecule has 2 nitrogen and oxygen atoms in total. The summed E-state index contributed by atoms with van der Waals surface area (Å²) in [5.41, 5.74) is 1.30. The van der Waals surface area contributed by atoms with Crippen LogP contribution in [0.5, 0.6) is 0 Å². The second-order valence-corrected chi connectivity index (χ2v) is 4.49. The SMILES string of the molecule is C=C[C@@H]1C[C@H](CO)C[C@@H](c2ccccc2)N1. The standard InChI is InChI=1S/C14H19NO/c1-2-13-8-11(10-16)9-14(15-13)12-6-4-3-5-7-12/h2-7,11,13-16H,1,8-10H2/t11-,13+,14-/m0/s1. The lowest BCUT2D eigenvalue weighted by Gasteiger charge is -2.34. The third-order valence-electron chi connectivity index (χ3n) is 3.32. The fraction of sp³-hybridized carbons (Fsp3) is 0.429. The van der Waals surface area contributed by atoms with Crippen molar-refractivity contribution >= 4 is 0 Å². The van der Waals surface area contributed by atoms with E-state index in [1.54, 1.807) is 0 Å². The van der Waals surface area contributed by atoms with Crippen LogP contribution in [0.1, 0.15) is 24.4 Å².